The van der Waals surface area contributed by atoms with Crippen LogP contribution in [0.25, 0.3) is 5.65 Å². The topological polar surface area (TPSA) is 30.2 Å². The molecular formula is C10H13N3Sn. The van der Waals surface area contributed by atoms with E-state index in [-0.39, 0.29) is 0 Å². The number of hydrogen-bond acceptors (Lipinski definition) is 2. The average Bonchev–Trinajstić information content (AvgIpc) is 2.47. The maximum absolute atomic E-state index is 4.37. The fourth-order valence-electron chi connectivity index (χ4n) is 1.31. The van der Waals surface area contributed by atoms with Crippen LogP contribution in [0.1, 0.15) is 20.8 Å². The first-order valence-electron chi connectivity index (χ1n) is 4.62. The fourth-order valence-corrected chi connectivity index (χ4v) is 4.68. The summed E-state index contributed by atoms with van der Waals surface area (Å²) in [6.07, 6.45) is 5.92. The first-order chi connectivity index (χ1) is 6.54. The molecule has 4 heteroatoms. The molecule has 2 aromatic rings. The van der Waals surface area contributed by atoms with Gasteiger partial charge in [0.05, 0.1) is 0 Å². The van der Waals surface area contributed by atoms with Crippen molar-refractivity contribution in [3.8, 4) is 0 Å². The molecule has 0 bridgehead atoms. The molecule has 0 amide bonds. The Labute approximate surface area is 93.8 Å². The zero-order chi connectivity index (χ0) is 10.2. The minimum atomic E-state index is -0.551. The summed E-state index contributed by atoms with van der Waals surface area (Å²) in [4.78, 5) is 4.37. The molecule has 2 rings (SSSR count). The molecule has 0 spiro atoms. The summed E-state index contributed by atoms with van der Waals surface area (Å²) >= 11 is -0.551. The van der Waals surface area contributed by atoms with Crippen LogP contribution in [0, 0.1) is 0 Å². The van der Waals surface area contributed by atoms with E-state index < -0.39 is 21.1 Å². The van der Waals surface area contributed by atoms with E-state index in [1.54, 1.807) is 6.20 Å². The van der Waals surface area contributed by atoms with Gasteiger partial charge < -0.3 is 0 Å². The normalized spacial score (nSPS) is 12.2. The Morgan fingerprint density at radius 3 is 2.86 bits per heavy atom. The van der Waals surface area contributed by atoms with Crippen molar-refractivity contribution >= 4 is 30.4 Å². The van der Waals surface area contributed by atoms with Gasteiger partial charge in [-0.05, 0) is 0 Å². The number of aromatic nitrogens is 3. The van der Waals surface area contributed by atoms with Gasteiger partial charge in [-0.15, -0.1) is 0 Å². The Kier molecular flexibility index (Phi) is 2.51. The predicted molar refractivity (Wildman–Crippen MR) is 58.1 cm³/mol. The van der Waals surface area contributed by atoms with Gasteiger partial charge in [0.1, 0.15) is 0 Å². The summed E-state index contributed by atoms with van der Waals surface area (Å²) < 4.78 is 3.73. The third-order valence-corrected chi connectivity index (χ3v) is 5.47. The van der Waals surface area contributed by atoms with E-state index in [0.717, 1.165) is 5.65 Å². The average molecular weight is 294 g/mol. The Morgan fingerprint density at radius 1 is 1.36 bits per heavy atom. The summed E-state index contributed by atoms with van der Waals surface area (Å²) in [6, 6.07) is 1.92. The molecule has 0 saturated carbocycles. The standard InChI is InChI=1S/C6H4N3.C4H9.Sn/c1-3-7-6-2-4-8-9(6)5-1;1-4(2)3;/h2-5H;1-3H3;. The Bertz CT molecular complexity index is 442. The van der Waals surface area contributed by atoms with Crippen LogP contribution in [0.4, 0.5) is 0 Å². The van der Waals surface area contributed by atoms with E-state index in [2.05, 4.69) is 37.1 Å². The van der Waals surface area contributed by atoms with E-state index in [1.807, 2.05) is 16.8 Å². The molecule has 0 atom stereocenters. The van der Waals surface area contributed by atoms with Crippen LogP contribution >= 0.6 is 0 Å². The molecule has 0 aliphatic carbocycles. The zero-order valence-electron chi connectivity index (χ0n) is 8.65. The van der Waals surface area contributed by atoms with Gasteiger partial charge in [-0.2, -0.15) is 0 Å². The third kappa shape index (κ3) is 2.26. The molecule has 0 fully saturated rings. The summed E-state index contributed by atoms with van der Waals surface area (Å²) in [5.41, 5.74) is 0.932. The van der Waals surface area contributed by atoms with E-state index in [0.29, 0.717) is 3.43 Å². The van der Waals surface area contributed by atoms with Gasteiger partial charge in [0.15, 0.2) is 0 Å². The van der Waals surface area contributed by atoms with Crippen LogP contribution in [0.2, 0.25) is 3.43 Å². The molecule has 14 heavy (non-hydrogen) atoms. The SMILES string of the molecule is C[C](C)(C)[Sn][c]1cnc2ccnn2c1. The number of fused-ring (bicyclic) bond motifs is 1. The minimum absolute atomic E-state index is 0.464. The van der Waals surface area contributed by atoms with E-state index >= 15 is 0 Å². The molecule has 2 radical (unpaired) electrons. The Hall–Kier alpha value is -0.581. The van der Waals surface area contributed by atoms with Crippen molar-refractivity contribution in [2.24, 2.45) is 0 Å². The van der Waals surface area contributed by atoms with Gasteiger partial charge in [0, 0.05) is 0 Å². The molecule has 0 aliphatic rings. The Morgan fingerprint density at radius 2 is 2.14 bits per heavy atom. The van der Waals surface area contributed by atoms with Gasteiger partial charge >= 0.3 is 93.8 Å². The summed E-state index contributed by atoms with van der Waals surface area (Å²) in [5.74, 6) is 0. The van der Waals surface area contributed by atoms with Crippen LogP contribution in [-0.2, 0) is 0 Å². The van der Waals surface area contributed by atoms with Gasteiger partial charge in [0.2, 0.25) is 0 Å². The van der Waals surface area contributed by atoms with Crippen LogP contribution in [0.3, 0.4) is 0 Å². The molecule has 2 aromatic heterocycles. The van der Waals surface area contributed by atoms with Crippen molar-refractivity contribution in [1.29, 1.82) is 0 Å². The molecule has 0 unspecified atom stereocenters. The third-order valence-electron chi connectivity index (χ3n) is 1.77. The van der Waals surface area contributed by atoms with Crippen molar-refractivity contribution < 1.29 is 0 Å². The summed E-state index contributed by atoms with van der Waals surface area (Å²) in [5, 5.41) is 4.19. The molecule has 3 nitrogen and oxygen atoms in total. The summed E-state index contributed by atoms with van der Waals surface area (Å²) in [6.45, 7) is 6.89. The van der Waals surface area contributed by atoms with Crippen LogP contribution in [0.5, 0.6) is 0 Å². The van der Waals surface area contributed by atoms with Gasteiger partial charge in [-0.25, -0.2) is 0 Å². The van der Waals surface area contributed by atoms with Crippen LogP contribution in [-0.4, -0.2) is 35.7 Å². The van der Waals surface area contributed by atoms with Crippen molar-refractivity contribution in [2.75, 3.05) is 0 Å². The predicted octanol–water partition coefficient (Wildman–Crippen LogP) is 1.28. The second-order valence-corrected chi connectivity index (χ2v) is 11.0. The van der Waals surface area contributed by atoms with E-state index in [1.165, 1.54) is 3.58 Å². The van der Waals surface area contributed by atoms with Crippen molar-refractivity contribution in [3.05, 3.63) is 24.7 Å². The molecule has 0 N–H and O–H groups in total. The number of hydrogen-bond donors (Lipinski definition) is 0. The van der Waals surface area contributed by atoms with Crippen molar-refractivity contribution in [3.63, 3.8) is 0 Å². The van der Waals surface area contributed by atoms with Crippen molar-refractivity contribution in [1.82, 2.24) is 14.6 Å². The first-order valence-corrected chi connectivity index (χ1v) is 7.48. The molecule has 0 saturated heterocycles. The second kappa shape index (κ2) is 3.53. The monoisotopic (exact) mass is 295 g/mol. The quantitative estimate of drug-likeness (QED) is 0.742. The number of nitrogens with zero attached hydrogens (tertiary/aromatic N) is 3. The molecular weight excluding hydrogens is 281 g/mol. The van der Waals surface area contributed by atoms with Crippen LogP contribution < -0.4 is 3.58 Å². The molecule has 0 aliphatic heterocycles. The Balaban J connectivity index is 2.35. The van der Waals surface area contributed by atoms with Gasteiger partial charge in [-0.1, -0.05) is 0 Å². The van der Waals surface area contributed by atoms with E-state index in [4.69, 9.17) is 0 Å². The molecule has 72 valence electrons. The fraction of sp³-hybridized carbons (Fsp3) is 0.400. The maximum atomic E-state index is 4.37. The molecule has 2 heterocycles. The van der Waals surface area contributed by atoms with Crippen LogP contribution in [0.15, 0.2) is 24.7 Å². The van der Waals surface area contributed by atoms with E-state index in [9.17, 15) is 0 Å². The summed E-state index contributed by atoms with van der Waals surface area (Å²) in [7, 11) is 0. The van der Waals surface area contributed by atoms with Gasteiger partial charge in [-0.3, -0.25) is 0 Å². The molecule has 0 aromatic carbocycles. The number of rotatable bonds is 1. The van der Waals surface area contributed by atoms with Gasteiger partial charge in [0.25, 0.3) is 0 Å². The second-order valence-electron chi connectivity index (χ2n) is 4.35. The first kappa shape index (κ1) is 9.95. The zero-order valence-corrected chi connectivity index (χ0v) is 11.5. The van der Waals surface area contributed by atoms with Crippen molar-refractivity contribution in [2.45, 2.75) is 24.2 Å².